The van der Waals surface area contributed by atoms with Crippen LogP contribution in [0.5, 0.6) is 0 Å². The molecule has 0 aromatic heterocycles. The fraction of sp³-hybridized carbons (Fsp3) is 0.364. The van der Waals surface area contributed by atoms with Gasteiger partial charge in [0.1, 0.15) is 5.00 Å². The lowest BCUT2D eigenvalue weighted by molar-refractivity contribution is -0.120. The van der Waals surface area contributed by atoms with Crippen LogP contribution in [0.1, 0.15) is 25.8 Å². The lowest BCUT2D eigenvalue weighted by atomic mass is 10.0. The second-order valence-electron chi connectivity index (χ2n) is 3.32. The third-order valence-corrected chi connectivity index (χ3v) is 3.06. The Bertz CT molecular complexity index is 367. The van der Waals surface area contributed by atoms with E-state index < -0.39 is 5.00 Å². The number of hydrogen-bond acceptors (Lipinski definition) is 1. The molecule has 1 rings (SSSR count). The molecule has 1 atom stereocenters. The number of rotatable bonds is 3. The summed E-state index contributed by atoms with van der Waals surface area (Å²) in [7, 11) is 0. The van der Waals surface area contributed by atoms with Crippen molar-refractivity contribution >= 4 is 29.1 Å². The molecule has 2 nitrogen and oxygen atoms in total. The summed E-state index contributed by atoms with van der Waals surface area (Å²) in [6.07, 6.45) is 0.567. The molecule has 0 saturated carbocycles. The maximum atomic E-state index is 11.1. The molecule has 0 aliphatic rings. The maximum Gasteiger partial charge on any atom is 0.218 e. The predicted molar refractivity (Wildman–Crippen MR) is 63.1 cm³/mol. The lowest BCUT2D eigenvalue weighted by Gasteiger charge is -2.27. The van der Waals surface area contributed by atoms with Crippen molar-refractivity contribution < 1.29 is 4.79 Å². The van der Waals surface area contributed by atoms with Gasteiger partial charge in [-0.3, -0.25) is 4.79 Å². The minimum absolute atomic E-state index is 0.174. The monoisotopic (exact) mass is 245 g/mol. The highest BCUT2D eigenvalue weighted by Gasteiger charge is 2.30. The SMILES string of the molecule is CCC(Cl)(NC(C)=O)c1ccccc1Cl. The van der Waals surface area contributed by atoms with Gasteiger partial charge in [-0.1, -0.05) is 48.3 Å². The van der Waals surface area contributed by atoms with Crippen LogP contribution in [0.15, 0.2) is 24.3 Å². The predicted octanol–water partition coefficient (Wildman–Crippen LogP) is 3.28. The van der Waals surface area contributed by atoms with Crippen LogP contribution < -0.4 is 5.32 Å². The van der Waals surface area contributed by atoms with Gasteiger partial charge in [0.25, 0.3) is 0 Å². The van der Waals surface area contributed by atoms with E-state index in [1.165, 1.54) is 6.92 Å². The van der Waals surface area contributed by atoms with E-state index in [2.05, 4.69) is 5.32 Å². The van der Waals surface area contributed by atoms with Crippen LogP contribution in [0.25, 0.3) is 0 Å². The summed E-state index contributed by atoms with van der Waals surface area (Å²) in [5, 5.41) is 3.26. The molecule has 1 unspecified atom stereocenters. The fourth-order valence-corrected chi connectivity index (χ4v) is 2.05. The standard InChI is InChI=1S/C11H13Cl2NO/c1-3-11(13,14-8(2)15)9-6-4-5-7-10(9)12/h4-7H,3H2,1-2H3,(H,14,15). The molecule has 0 fully saturated rings. The molecular weight excluding hydrogens is 233 g/mol. The van der Waals surface area contributed by atoms with Crippen molar-refractivity contribution in [2.75, 3.05) is 0 Å². The number of nitrogens with one attached hydrogen (secondary N) is 1. The Labute approximate surface area is 99.6 Å². The van der Waals surface area contributed by atoms with Crippen LogP contribution in [0.3, 0.4) is 0 Å². The average molecular weight is 246 g/mol. The first-order chi connectivity index (χ1) is 6.99. The molecule has 0 spiro atoms. The summed E-state index contributed by atoms with van der Waals surface area (Å²) in [5.74, 6) is -0.174. The molecule has 0 bridgehead atoms. The van der Waals surface area contributed by atoms with Crippen molar-refractivity contribution in [1.82, 2.24) is 5.32 Å². The van der Waals surface area contributed by atoms with Crippen LogP contribution in [-0.4, -0.2) is 5.91 Å². The van der Waals surface area contributed by atoms with Gasteiger partial charge in [-0.15, -0.1) is 0 Å². The highest BCUT2D eigenvalue weighted by molar-refractivity contribution is 6.33. The second-order valence-corrected chi connectivity index (χ2v) is 4.37. The molecule has 0 heterocycles. The lowest BCUT2D eigenvalue weighted by Crippen LogP contribution is -2.39. The van der Waals surface area contributed by atoms with Crippen molar-refractivity contribution in [3.05, 3.63) is 34.9 Å². The van der Waals surface area contributed by atoms with Crippen LogP contribution in [0, 0.1) is 0 Å². The number of carbonyl (C=O) groups is 1. The Morgan fingerprint density at radius 1 is 1.47 bits per heavy atom. The largest absolute Gasteiger partial charge is 0.334 e. The summed E-state index contributed by atoms with van der Waals surface area (Å²) in [5.41, 5.74) is 0.728. The van der Waals surface area contributed by atoms with Crippen molar-refractivity contribution in [3.8, 4) is 0 Å². The van der Waals surface area contributed by atoms with Crippen LogP contribution in [0.2, 0.25) is 5.02 Å². The van der Waals surface area contributed by atoms with E-state index in [1.54, 1.807) is 6.07 Å². The van der Waals surface area contributed by atoms with E-state index in [9.17, 15) is 4.79 Å². The minimum atomic E-state index is -0.913. The number of benzene rings is 1. The smallest absolute Gasteiger partial charge is 0.218 e. The average Bonchev–Trinajstić information content (AvgIpc) is 2.17. The van der Waals surface area contributed by atoms with Gasteiger partial charge in [0.15, 0.2) is 0 Å². The second kappa shape index (κ2) is 4.86. The van der Waals surface area contributed by atoms with E-state index in [0.29, 0.717) is 11.4 Å². The van der Waals surface area contributed by atoms with Gasteiger partial charge < -0.3 is 5.32 Å². The van der Waals surface area contributed by atoms with E-state index in [4.69, 9.17) is 23.2 Å². The Morgan fingerprint density at radius 3 is 2.53 bits per heavy atom. The molecule has 0 radical (unpaired) electrons. The van der Waals surface area contributed by atoms with Gasteiger partial charge in [-0.25, -0.2) is 0 Å². The Balaban J connectivity index is 3.11. The van der Waals surface area contributed by atoms with Gasteiger partial charge in [0, 0.05) is 17.5 Å². The van der Waals surface area contributed by atoms with Crippen molar-refractivity contribution in [1.29, 1.82) is 0 Å². The van der Waals surface area contributed by atoms with Crippen LogP contribution >= 0.6 is 23.2 Å². The van der Waals surface area contributed by atoms with E-state index in [0.717, 1.165) is 5.56 Å². The molecule has 0 aliphatic carbocycles. The summed E-state index contributed by atoms with van der Waals surface area (Å²) in [4.78, 5) is 10.2. The number of amides is 1. The van der Waals surface area contributed by atoms with E-state index >= 15 is 0 Å². The molecular formula is C11H13Cl2NO. The van der Waals surface area contributed by atoms with Crippen LogP contribution in [-0.2, 0) is 9.79 Å². The van der Waals surface area contributed by atoms with Gasteiger partial charge in [0.05, 0.1) is 0 Å². The van der Waals surface area contributed by atoms with Gasteiger partial charge in [-0.2, -0.15) is 0 Å². The van der Waals surface area contributed by atoms with Gasteiger partial charge in [0.2, 0.25) is 5.91 Å². The van der Waals surface area contributed by atoms with Gasteiger partial charge >= 0.3 is 0 Å². The summed E-state index contributed by atoms with van der Waals surface area (Å²) in [6, 6.07) is 7.24. The molecule has 0 saturated heterocycles. The van der Waals surface area contributed by atoms with Crippen molar-refractivity contribution in [2.24, 2.45) is 0 Å². The number of alkyl halides is 1. The first kappa shape index (κ1) is 12.3. The molecule has 1 aromatic carbocycles. The normalized spacial score (nSPS) is 14.4. The van der Waals surface area contributed by atoms with Crippen molar-refractivity contribution in [3.63, 3.8) is 0 Å². The van der Waals surface area contributed by atoms with E-state index in [1.807, 2.05) is 25.1 Å². The quantitative estimate of drug-likeness (QED) is 0.643. The molecule has 0 aliphatic heterocycles. The van der Waals surface area contributed by atoms with E-state index in [-0.39, 0.29) is 5.91 Å². The number of hydrogen-bond donors (Lipinski definition) is 1. The summed E-state index contributed by atoms with van der Waals surface area (Å²) >= 11 is 12.4. The van der Waals surface area contributed by atoms with Crippen LogP contribution in [0.4, 0.5) is 0 Å². The molecule has 82 valence electrons. The first-order valence-corrected chi connectivity index (χ1v) is 5.48. The third kappa shape index (κ3) is 2.86. The Morgan fingerprint density at radius 2 is 2.07 bits per heavy atom. The molecule has 1 aromatic rings. The Kier molecular flexibility index (Phi) is 4.00. The molecule has 1 amide bonds. The molecule has 1 N–H and O–H groups in total. The topological polar surface area (TPSA) is 29.1 Å². The molecule has 4 heteroatoms. The zero-order valence-corrected chi connectivity index (χ0v) is 10.2. The first-order valence-electron chi connectivity index (χ1n) is 4.72. The fourth-order valence-electron chi connectivity index (χ4n) is 1.41. The zero-order chi connectivity index (χ0) is 11.5. The zero-order valence-electron chi connectivity index (χ0n) is 8.68. The highest BCUT2D eigenvalue weighted by Crippen LogP contribution is 2.34. The Hall–Kier alpha value is -0.730. The van der Waals surface area contributed by atoms with Gasteiger partial charge in [-0.05, 0) is 12.5 Å². The minimum Gasteiger partial charge on any atom is -0.334 e. The number of halogens is 2. The summed E-state index contributed by atoms with van der Waals surface area (Å²) < 4.78 is 0. The highest BCUT2D eigenvalue weighted by atomic mass is 35.5. The third-order valence-electron chi connectivity index (χ3n) is 2.16. The number of carbonyl (C=O) groups excluding carboxylic acids is 1. The molecule has 15 heavy (non-hydrogen) atoms. The maximum absolute atomic E-state index is 11.1. The summed E-state index contributed by atoms with van der Waals surface area (Å²) in [6.45, 7) is 3.33. The van der Waals surface area contributed by atoms with Crippen molar-refractivity contribution in [2.45, 2.75) is 25.3 Å².